The SMILES string of the molecule is COC(=O)CC[C@H](NC(=O)/C=C/c1ccc(C)s1)C(=O)O. The first kappa shape index (κ1) is 16.9. The molecule has 0 aliphatic carbocycles. The van der Waals surface area contributed by atoms with E-state index in [-0.39, 0.29) is 12.8 Å². The maximum atomic E-state index is 11.7. The fourth-order valence-electron chi connectivity index (χ4n) is 1.54. The second-order valence-electron chi connectivity index (χ2n) is 4.30. The Bertz CT molecular complexity index is 549. The molecule has 0 spiro atoms. The number of methoxy groups -OCH3 is 1. The van der Waals surface area contributed by atoms with E-state index in [1.165, 1.54) is 24.5 Å². The van der Waals surface area contributed by atoms with Crippen molar-refractivity contribution in [3.8, 4) is 0 Å². The lowest BCUT2D eigenvalue weighted by atomic mass is 10.1. The summed E-state index contributed by atoms with van der Waals surface area (Å²) in [6, 6.07) is 2.68. The minimum Gasteiger partial charge on any atom is -0.480 e. The number of amides is 1. The molecule has 0 saturated carbocycles. The van der Waals surface area contributed by atoms with Crippen molar-refractivity contribution in [2.24, 2.45) is 0 Å². The number of carboxylic acids is 1. The Morgan fingerprint density at radius 3 is 2.67 bits per heavy atom. The van der Waals surface area contributed by atoms with Crippen LogP contribution in [0, 0.1) is 6.92 Å². The predicted molar refractivity (Wildman–Crippen MR) is 78.9 cm³/mol. The Balaban J connectivity index is 2.54. The lowest BCUT2D eigenvalue weighted by molar-refractivity contribution is -0.143. The number of hydrogen-bond acceptors (Lipinski definition) is 5. The van der Waals surface area contributed by atoms with Crippen LogP contribution in [0.1, 0.15) is 22.6 Å². The van der Waals surface area contributed by atoms with Gasteiger partial charge in [0.25, 0.3) is 0 Å². The Hall–Kier alpha value is -2.15. The maximum Gasteiger partial charge on any atom is 0.326 e. The molecule has 1 aromatic heterocycles. The molecular formula is C14H17NO5S. The molecule has 1 amide bonds. The summed E-state index contributed by atoms with van der Waals surface area (Å²) in [5, 5.41) is 11.4. The summed E-state index contributed by atoms with van der Waals surface area (Å²) >= 11 is 1.53. The molecule has 21 heavy (non-hydrogen) atoms. The van der Waals surface area contributed by atoms with Crippen LogP contribution in [0.3, 0.4) is 0 Å². The van der Waals surface area contributed by atoms with Gasteiger partial charge in [0.15, 0.2) is 0 Å². The van der Waals surface area contributed by atoms with Crippen molar-refractivity contribution in [1.29, 1.82) is 0 Å². The van der Waals surface area contributed by atoms with Crippen LogP contribution in [-0.2, 0) is 19.1 Å². The number of carboxylic acid groups (broad SMARTS) is 1. The molecular weight excluding hydrogens is 294 g/mol. The first-order valence-corrected chi connectivity index (χ1v) is 7.08. The average Bonchev–Trinajstić information content (AvgIpc) is 2.86. The molecule has 1 heterocycles. The van der Waals surface area contributed by atoms with Gasteiger partial charge in [-0.3, -0.25) is 9.59 Å². The lowest BCUT2D eigenvalue weighted by Crippen LogP contribution is -2.40. The second kappa shape index (κ2) is 8.21. The van der Waals surface area contributed by atoms with E-state index in [4.69, 9.17) is 5.11 Å². The van der Waals surface area contributed by atoms with Gasteiger partial charge >= 0.3 is 11.9 Å². The fourth-order valence-corrected chi connectivity index (χ4v) is 2.32. The number of hydrogen-bond donors (Lipinski definition) is 2. The quantitative estimate of drug-likeness (QED) is 0.589. The number of carbonyl (C=O) groups excluding carboxylic acids is 2. The Morgan fingerprint density at radius 2 is 2.14 bits per heavy atom. The minimum absolute atomic E-state index is 0.0142. The van der Waals surface area contributed by atoms with Crippen LogP contribution in [0.2, 0.25) is 0 Å². The van der Waals surface area contributed by atoms with E-state index in [2.05, 4.69) is 10.1 Å². The van der Waals surface area contributed by atoms with E-state index < -0.39 is 23.9 Å². The van der Waals surface area contributed by atoms with Gasteiger partial charge in [0.2, 0.25) is 5.91 Å². The van der Waals surface area contributed by atoms with Gasteiger partial charge in [-0.2, -0.15) is 0 Å². The van der Waals surface area contributed by atoms with Gasteiger partial charge in [-0.25, -0.2) is 4.79 Å². The highest BCUT2D eigenvalue weighted by atomic mass is 32.1. The minimum atomic E-state index is -1.19. The number of carbonyl (C=O) groups is 3. The molecule has 0 unspecified atom stereocenters. The standard InChI is InChI=1S/C14H17NO5S/c1-9-3-4-10(21-9)5-7-12(16)15-11(14(18)19)6-8-13(17)20-2/h3-5,7,11H,6,8H2,1-2H3,(H,15,16)(H,18,19)/b7-5+/t11-/m0/s1. The molecule has 7 heteroatoms. The van der Waals surface area contributed by atoms with Gasteiger partial charge in [0, 0.05) is 22.3 Å². The largest absolute Gasteiger partial charge is 0.480 e. The third kappa shape index (κ3) is 6.22. The zero-order chi connectivity index (χ0) is 15.8. The van der Waals surface area contributed by atoms with Crippen LogP contribution in [-0.4, -0.2) is 36.1 Å². The maximum absolute atomic E-state index is 11.7. The molecule has 1 aromatic rings. The van der Waals surface area contributed by atoms with Crippen LogP contribution in [0.4, 0.5) is 0 Å². The number of esters is 1. The Morgan fingerprint density at radius 1 is 1.43 bits per heavy atom. The van der Waals surface area contributed by atoms with Crippen LogP contribution in [0.15, 0.2) is 18.2 Å². The molecule has 1 rings (SSSR count). The van der Waals surface area contributed by atoms with Gasteiger partial charge in [-0.15, -0.1) is 11.3 Å². The van der Waals surface area contributed by atoms with Crippen LogP contribution < -0.4 is 5.32 Å². The molecule has 1 atom stereocenters. The number of rotatable bonds is 7. The third-order valence-corrected chi connectivity index (χ3v) is 3.61. The van der Waals surface area contributed by atoms with Gasteiger partial charge in [-0.05, 0) is 31.6 Å². The van der Waals surface area contributed by atoms with Gasteiger partial charge in [0.05, 0.1) is 7.11 Å². The van der Waals surface area contributed by atoms with E-state index in [0.717, 1.165) is 9.75 Å². The van der Waals surface area contributed by atoms with E-state index in [1.807, 2.05) is 19.1 Å². The fraction of sp³-hybridized carbons (Fsp3) is 0.357. The summed E-state index contributed by atoms with van der Waals surface area (Å²) in [5.41, 5.74) is 0. The predicted octanol–water partition coefficient (Wildman–Crippen LogP) is 1.59. The first-order chi connectivity index (χ1) is 9.92. The zero-order valence-electron chi connectivity index (χ0n) is 11.8. The van der Waals surface area contributed by atoms with E-state index in [1.54, 1.807) is 6.08 Å². The molecule has 6 nitrogen and oxygen atoms in total. The average molecular weight is 311 g/mol. The van der Waals surface area contributed by atoms with Crippen molar-refractivity contribution in [2.45, 2.75) is 25.8 Å². The summed E-state index contributed by atoms with van der Waals surface area (Å²) in [6.45, 7) is 1.95. The number of aryl methyl sites for hydroxylation is 1. The Kier molecular flexibility index (Phi) is 6.61. The van der Waals surface area contributed by atoms with E-state index >= 15 is 0 Å². The monoisotopic (exact) mass is 311 g/mol. The smallest absolute Gasteiger partial charge is 0.326 e. The molecule has 0 aromatic carbocycles. The van der Waals surface area contributed by atoms with Crippen molar-refractivity contribution in [3.05, 3.63) is 28.0 Å². The Labute approximate surface area is 126 Å². The van der Waals surface area contributed by atoms with Crippen molar-refractivity contribution in [1.82, 2.24) is 5.32 Å². The normalized spacial score (nSPS) is 12.1. The highest BCUT2D eigenvalue weighted by molar-refractivity contribution is 7.12. The summed E-state index contributed by atoms with van der Waals surface area (Å²) in [6.07, 6.45) is 2.81. The first-order valence-electron chi connectivity index (χ1n) is 6.27. The highest BCUT2D eigenvalue weighted by Crippen LogP contribution is 2.16. The van der Waals surface area contributed by atoms with E-state index in [0.29, 0.717) is 0 Å². The highest BCUT2D eigenvalue weighted by Gasteiger charge is 2.20. The van der Waals surface area contributed by atoms with Crippen LogP contribution in [0.25, 0.3) is 6.08 Å². The van der Waals surface area contributed by atoms with Crippen LogP contribution >= 0.6 is 11.3 Å². The van der Waals surface area contributed by atoms with Gasteiger partial charge in [-0.1, -0.05) is 0 Å². The van der Waals surface area contributed by atoms with Gasteiger partial charge < -0.3 is 15.2 Å². The molecule has 114 valence electrons. The van der Waals surface area contributed by atoms with Crippen molar-refractivity contribution in [3.63, 3.8) is 0 Å². The van der Waals surface area contributed by atoms with Crippen molar-refractivity contribution < 1.29 is 24.2 Å². The molecule has 0 radical (unpaired) electrons. The molecule has 0 aliphatic heterocycles. The second-order valence-corrected chi connectivity index (χ2v) is 5.62. The number of ether oxygens (including phenoxy) is 1. The summed E-state index contributed by atoms with van der Waals surface area (Å²) < 4.78 is 4.44. The molecule has 0 fully saturated rings. The number of nitrogens with one attached hydrogen (secondary N) is 1. The number of aliphatic carboxylic acids is 1. The summed E-state index contributed by atoms with van der Waals surface area (Å²) in [5.74, 6) is -2.22. The lowest BCUT2D eigenvalue weighted by Gasteiger charge is -2.12. The zero-order valence-corrected chi connectivity index (χ0v) is 12.6. The number of thiophene rings is 1. The summed E-state index contributed by atoms with van der Waals surface area (Å²) in [4.78, 5) is 35.7. The molecule has 0 aliphatic rings. The van der Waals surface area contributed by atoms with Crippen molar-refractivity contribution >= 4 is 35.3 Å². The van der Waals surface area contributed by atoms with E-state index in [9.17, 15) is 14.4 Å². The van der Waals surface area contributed by atoms with Crippen molar-refractivity contribution in [2.75, 3.05) is 7.11 Å². The van der Waals surface area contributed by atoms with Gasteiger partial charge in [0.1, 0.15) is 6.04 Å². The summed E-state index contributed by atoms with van der Waals surface area (Å²) in [7, 11) is 1.22. The molecule has 2 N–H and O–H groups in total. The topological polar surface area (TPSA) is 92.7 Å². The van der Waals surface area contributed by atoms with Crippen LogP contribution in [0.5, 0.6) is 0 Å². The third-order valence-electron chi connectivity index (χ3n) is 2.64. The molecule has 0 saturated heterocycles. The molecule has 0 bridgehead atoms.